The van der Waals surface area contributed by atoms with Gasteiger partial charge < -0.3 is 4.90 Å². The molecule has 0 saturated carbocycles. The highest BCUT2D eigenvalue weighted by Crippen LogP contribution is 2.42. The molecule has 1 nitrogen and oxygen atoms in total. The second-order valence-corrected chi connectivity index (χ2v) is 7.72. The largest absolute Gasteiger partial charge is 0.416 e. The maximum absolute atomic E-state index is 13.0. The van der Waals surface area contributed by atoms with Crippen molar-refractivity contribution < 1.29 is 13.2 Å². The second kappa shape index (κ2) is 9.45. The molecule has 0 heterocycles. The van der Waals surface area contributed by atoms with Crippen molar-refractivity contribution in [3.8, 4) is 0 Å². The van der Waals surface area contributed by atoms with E-state index in [0.717, 1.165) is 49.9 Å². The Morgan fingerprint density at radius 3 is 2.55 bits per heavy atom. The summed E-state index contributed by atoms with van der Waals surface area (Å²) in [5.74, 6) is 0.224. The molecule has 1 aliphatic carbocycles. The summed E-state index contributed by atoms with van der Waals surface area (Å²) < 4.78 is 39.0. The van der Waals surface area contributed by atoms with Gasteiger partial charge in [-0.15, -0.1) is 6.58 Å². The number of rotatable bonds is 7. The van der Waals surface area contributed by atoms with Crippen molar-refractivity contribution >= 4 is 5.57 Å². The predicted octanol–water partition coefficient (Wildman–Crippen LogP) is 6.72. The van der Waals surface area contributed by atoms with Crippen molar-refractivity contribution in [1.29, 1.82) is 0 Å². The molecule has 0 radical (unpaired) electrons. The van der Waals surface area contributed by atoms with Gasteiger partial charge in [-0.1, -0.05) is 48.6 Å². The van der Waals surface area contributed by atoms with Crippen LogP contribution in [0.1, 0.15) is 47.4 Å². The smallest absolute Gasteiger partial charge is 0.302 e. The van der Waals surface area contributed by atoms with Gasteiger partial charge in [-0.2, -0.15) is 13.2 Å². The summed E-state index contributed by atoms with van der Waals surface area (Å²) in [6.45, 7) is 5.46. The summed E-state index contributed by atoms with van der Waals surface area (Å²) in [5.41, 5.74) is 4.08. The number of alkyl halides is 3. The topological polar surface area (TPSA) is 3.24 Å². The number of aryl methyl sites for hydroxylation is 1. The van der Waals surface area contributed by atoms with E-state index in [-0.39, 0.29) is 5.92 Å². The molecule has 2 aromatic rings. The van der Waals surface area contributed by atoms with Crippen LogP contribution in [0.2, 0.25) is 0 Å². The van der Waals surface area contributed by atoms with Gasteiger partial charge in [0.2, 0.25) is 0 Å². The summed E-state index contributed by atoms with van der Waals surface area (Å²) in [7, 11) is 2.04. The molecule has 0 bridgehead atoms. The quantitative estimate of drug-likeness (QED) is 0.467. The van der Waals surface area contributed by atoms with Gasteiger partial charge in [0, 0.05) is 19.0 Å². The maximum Gasteiger partial charge on any atom is 0.416 e. The molecule has 1 unspecified atom stereocenters. The first-order chi connectivity index (χ1) is 13.9. The molecule has 29 heavy (non-hydrogen) atoms. The second-order valence-electron chi connectivity index (χ2n) is 7.72. The number of likely N-dealkylation sites (N-methyl/N-ethyl adjacent to an activating group) is 1. The van der Waals surface area contributed by atoms with E-state index >= 15 is 0 Å². The highest BCUT2D eigenvalue weighted by atomic mass is 19.4. The zero-order chi connectivity index (χ0) is 20.9. The standard InChI is InChI=1S/C25H28F3N/c1-3-17-29(2)18-7-12-23(20-13-15-21(16-14-20)25(26,27)28)24-11-6-9-19-8-4-5-10-22(19)24/h3-5,8,10,12-16,24H,1,6-7,9,11,17-18H2,2H3. The van der Waals surface area contributed by atoms with Crippen LogP contribution in [0, 0.1) is 0 Å². The van der Waals surface area contributed by atoms with Crippen molar-refractivity contribution in [3.05, 3.63) is 89.5 Å². The summed E-state index contributed by atoms with van der Waals surface area (Å²) in [5, 5.41) is 0. The van der Waals surface area contributed by atoms with Crippen LogP contribution in [-0.2, 0) is 12.6 Å². The van der Waals surface area contributed by atoms with Crippen molar-refractivity contribution in [3.63, 3.8) is 0 Å². The molecule has 0 aliphatic heterocycles. The lowest BCUT2D eigenvalue weighted by Crippen LogP contribution is -2.19. The number of nitrogens with zero attached hydrogens (tertiary/aromatic N) is 1. The minimum absolute atomic E-state index is 0.224. The molecule has 0 fully saturated rings. The molecular formula is C25H28F3N. The molecule has 3 rings (SSSR count). The third-order valence-corrected chi connectivity index (χ3v) is 5.61. The van der Waals surface area contributed by atoms with Crippen LogP contribution < -0.4 is 0 Å². The number of fused-ring (bicyclic) bond motifs is 1. The van der Waals surface area contributed by atoms with Crippen LogP contribution >= 0.6 is 0 Å². The Bertz CT molecular complexity index is 849. The Morgan fingerprint density at radius 2 is 1.86 bits per heavy atom. The maximum atomic E-state index is 13.0. The Morgan fingerprint density at radius 1 is 1.14 bits per heavy atom. The van der Waals surface area contributed by atoms with E-state index in [1.807, 2.05) is 13.1 Å². The average Bonchev–Trinajstić information content (AvgIpc) is 2.71. The van der Waals surface area contributed by atoms with Gasteiger partial charge >= 0.3 is 6.18 Å². The van der Waals surface area contributed by atoms with Crippen LogP contribution in [0.4, 0.5) is 13.2 Å². The van der Waals surface area contributed by atoms with Crippen LogP contribution in [-0.4, -0.2) is 25.0 Å². The van der Waals surface area contributed by atoms with E-state index < -0.39 is 11.7 Å². The van der Waals surface area contributed by atoms with Gasteiger partial charge in [0.25, 0.3) is 0 Å². The van der Waals surface area contributed by atoms with Crippen molar-refractivity contribution in [1.82, 2.24) is 4.90 Å². The predicted molar refractivity (Wildman–Crippen MR) is 114 cm³/mol. The first-order valence-corrected chi connectivity index (χ1v) is 10.1. The van der Waals surface area contributed by atoms with Crippen LogP contribution in [0.15, 0.2) is 67.3 Å². The van der Waals surface area contributed by atoms with E-state index in [2.05, 4.69) is 41.8 Å². The van der Waals surface area contributed by atoms with E-state index in [1.165, 1.54) is 23.3 Å². The molecule has 154 valence electrons. The molecule has 0 saturated heterocycles. The molecule has 1 aliphatic rings. The third-order valence-electron chi connectivity index (χ3n) is 5.61. The monoisotopic (exact) mass is 399 g/mol. The van der Waals surface area contributed by atoms with Crippen molar-refractivity contribution in [2.45, 2.75) is 37.8 Å². The van der Waals surface area contributed by atoms with Crippen LogP contribution in [0.5, 0.6) is 0 Å². The summed E-state index contributed by atoms with van der Waals surface area (Å²) >= 11 is 0. The number of allylic oxidation sites excluding steroid dienone is 1. The van der Waals surface area contributed by atoms with Crippen molar-refractivity contribution in [2.75, 3.05) is 20.1 Å². The van der Waals surface area contributed by atoms with Crippen molar-refractivity contribution in [2.24, 2.45) is 0 Å². The summed E-state index contributed by atoms with van der Waals surface area (Å²) in [6, 6.07) is 14.1. The minimum atomic E-state index is -4.31. The molecule has 0 spiro atoms. The fourth-order valence-corrected chi connectivity index (χ4v) is 4.14. The zero-order valence-corrected chi connectivity index (χ0v) is 16.9. The van der Waals surface area contributed by atoms with Gasteiger partial charge in [-0.3, -0.25) is 0 Å². The number of benzene rings is 2. The van der Waals surface area contributed by atoms with Gasteiger partial charge in [-0.25, -0.2) is 0 Å². The number of hydrogen-bond acceptors (Lipinski definition) is 1. The normalized spacial score (nSPS) is 17.3. The Kier molecular flexibility index (Phi) is 6.96. The number of hydrogen-bond donors (Lipinski definition) is 0. The lowest BCUT2D eigenvalue weighted by Gasteiger charge is -2.28. The number of halogens is 3. The van der Waals surface area contributed by atoms with Gasteiger partial charge in [0.15, 0.2) is 0 Å². The molecular weight excluding hydrogens is 371 g/mol. The molecule has 4 heteroatoms. The van der Waals surface area contributed by atoms with Gasteiger partial charge in [-0.05, 0) is 67.1 Å². The lowest BCUT2D eigenvalue weighted by atomic mass is 9.76. The first kappa shape index (κ1) is 21.4. The van der Waals surface area contributed by atoms with E-state index in [9.17, 15) is 13.2 Å². The fourth-order valence-electron chi connectivity index (χ4n) is 4.14. The Labute approximate surface area is 171 Å². The summed E-state index contributed by atoms with van der Waals surface area (Å²) in [4.78, 5) is 2.18. The first-order valence-electron chi connectivity index (χ1n) is 10.1. The Hall–Kier alpha value is -2.33. The van der Waals surface area contributed by atoms with E-state index in [1.54, 1.807) is 12.1 Å². The zero-order valence-electron chi connectivity index (χ0n) is 16.9. The summed E-state index contributed by atoms with van der Waals surface area (Å²) in [6.07, 6.45) is 3.80. The highest BCUT2D eigenvalue weighted by Gasteiger charge is 2.30. The van der Waals surface area contributed by atoms with E-state index in [4.69, 9.17) is 0 Å². The van der Waals surface area contributed by atoms with Gasteiger partial charge in [0.05, 0.1) is 5.56 Å². The van der Waals surface area contributed by atoms with E-state index in [0.29, 0.717) is 0 Å². The molecule has 0 aromatic heterocycles. The average molecular weight is 400 g/mol. The van der Waals surface area contributed by atoms with Gasteiger partial charge in [0.1, 0.15) is 0 Å². The molecule has 0 N–H and O–H groups in total. The van der Waals surface area contributed by atoms with Crippen LogP contribution in [0.3, 0.4) is 0 Å². The SMILES string of the molecule is C=CCN(C)CCC=C(c1ccc(C(F)(F)F)cc1)C1CCCc2ccccc21. The fraction of sp³-hybridized carbons (Fsp3) is 0.360. The molecule has 2 aromatic carbocycles. The van der Waals surface area contributed by atoms with Crippen LogP contribution in [0.25, 0.3) is 5.57 Å². The lowest BCUT2D eigenvalue weighted by molar-refractivity contribution is -0.137. The molecule has 1 atom stereocenters. The minimum Gasteiger partial charge on any atom is -0.302 e. The molecule has 0 amide bonds. The third kappa shape index (κ3) is 5.39. The Balaban J connectivity index is 1.93. The highest BCUT2D eigenvalue weighted by molar-refractivity contribution is 5.72.